The number of phenolic OH excluding ortho intramolecular Hbond substituents is 1. The lowest BCUT2D eigenvalue weighted by Gasteiger charge is -2.23. The summed E-state index contributed by atoms with van der Waals surface area (Å²) in [6, 6.07) is 4.73. The number of nitrogens with one attached hydrogen (secondary N) is 1. The van der Waals surface area contributed by atoms with Crippen LogP contribution in [0.4, 0.5) is 0 Å². The van der Waals surface area contributed by atoms with Crippen LogP contribution >= 0.6 is 0 Å². The van der Waals surface area contributed by atoms with Gasteiger partial charge in [0.1, 0.15) is 30.2 Å². The summed E-state index contributed by atoms with van der Waals surface area (Å²) < 4.78 is 10.8. The Hall–Kier alpha value is -1.75. The minimum absolute atomic E-state index is 0.0886. The van der Waals surface area contributed by atoms with E-state index in [2.05, 4.69) is 6.92 Å². The van der Waals surface area contributed by atoms with Crippen LogP contribution in [-0.4, -0.2) is 43.9 Å². The number of carbonyl (C=O) groups excluding carboxylic acids is 1. The smallest absolute Gasteiger partial charge is 0.342 e. The van der Waals surface area contributed by atoms with Crippen LogP contribution in [0.5, 0.6) is 11.5 Å². The van der Waals surface area contributed by atoms with Crippen LogP contribution in [0.15, 0.2) is 18.2 Å². The second kappa shape index (κ2) is 9.40. The van der Waals surface area contributed by atoms with E-state index in [4.69, 9.17) is 9.47 Å². The lowest BCUT2D eigenvalue weighted by Crippen LogP contribution is -3.13. The summed E-state index contributed by atoms with van der Waals surface area (Å²) in [4.78, 5) is 13.5. The standard InChI is InChI=1S/C18H27NO4/c1-2-3-12-22-15-7-8-16(17(20)14-15)18(21)23-13-11-19-9-5-4-6-10-19/h7-8,14,20H,2-6,9-13H2,1H3/p+1. The van der Waals surface area contributed by atoms with Crippen molar-refractivity contribution in [1.29, 1.82) is 0 Å². The number of piperidine rings is 1. The molecular formula is C18H28NO4+. The van der Waals surface area contributed by atoms with Gasteiger partial charge in [0.15, 0.2) is 0 Å². The van der Waals surface area contributed by atoms with E-state index in [1.165, 1.54) is 30.2 Å². The van der Waals surface area contributed by atoms with E-state index in [0.29, 0.717) is 19.0 Å². The zero-order valence-electron chi connectivity index (χ0n) is 14.0. The molecule has 0 amide bonds. The zero-order valence-corrected chi connectivity index (χ0v) is 14.0. The molecule has 23 heavy (non-hydrogen) atoms. The van der Waals surface area contributed by atoms with Crippen molar-refractivity contribution in [3.05, 3.63) is 23.8 Å². The second-order valence-corrected chi connectivity index (χ2v) is 6.08. The molecule has 0 saturated carbocycles. The molecule has 1 aliphatic rings. The highest BCUT2D eigenvalue weighted by molar-refractivity contribution is 5.92. The third-order valence-electron chi connectivity index (χ3n) is 4.21. The van der Waals surface area contributed by atoms with Gasteiger partial charge in [-0.25, -0.2) is 4.79 Å². The van der Waals surface area contributed by atoms with Crippen LogP contribution in [-0.2, 0) is 4.74 Å². The van der Waals surface area contributed by atoms with Gasteiger partial charge in [0.25, 0.3) is 0 Å². The molecule has 1 saturated heterocycles. The Morgan fingerprint density at radius 1 is 1.22 bits per heavy atom. The Balaban J connectivity index is 1.79. The first-order chi connectivity index (χ1) is 11.2. The molecule has 5 heteroatoms. The van der Waals surface area contributed by atoms with Gasteiger partial charge in [-0.15, -0.1) is 0 Å². The highest BCUT2D eigenvalue weighted by Gasteiger charge is 2.16. The van der Waals surface area contributed by atoms with Gasteiger partial charge < -0.3 is 19.5 Å². The van der Waals surface area contributed by atoms with Crippen molar-refractivity contribution in [3.8, 4) is 11.5 Å². The number of benzene rings is 1. The maximum Gasteiger partial charge on any atom is 0.342 e. The summed E-state index contributed by atoms with van der Waals surface area (Å²) in [6.45, 7) is 6.25. The molecule has 0 atom stereocenters. The molecule has 0 unspecified atom stereocenters. The average Bonchev–Trinajstić information content (AvgIpc) is 2.56. The predicted molar refractivity (Wildman–Crippen MR) is 88.2 cm³/mol. The van der Waals surface area contributed by atoms with Crippen LogP contribution in [0, 0.1) is 0 Å². The molecule has 5 nitrogen and oxygen atoms in total. The summed E-state index contributed by atoms with van der Waals surface area (Å²) in [6.07, 6.45) is 5.83. The quantitative estimate of drug-likeness (QED) is 0.566. The van der Waals surface area contributed by atoms with Crippen LogP contribution in [0.25, 0.3) is 0 Å². The minimum Gasteiger partial charge on any atom is -0.507 e. The fourth-order valence-corrected chi connectivity index (χ4v) is 2.78. The fraction of sp³-hybridized carbons (Fsp3) is 0.611. The first-order valence-electron chi connectivity index (χ1n) is 8.67. The van der Waals surface area contributed by atoms with E-state index in [1.807, 2.05) is 0 Å². The van der Waals surface area contributed by atoms with Crippen LogP contribution < -0.4 is 9.64 Å². The summed E-state index contributed by atoms with van der Waals surface area (Å²) >= 11 is 0. The summed E-state index contributed by atoms with van der Waals surface area (Å²) in [5.74, 6) is 0.0126. The van der Waals surface area contributed by atoms with E-state index >= 15 is 0 Å². The van der Waals surface area contributed by atoms with Crippen LogP contribution in [0.1, 0.15) is 49.4 Å². The maximum absolute atomic E-state index is 12.0. The largest absolute Gasteiger partial charge is 0.507 e. The number of ether oxygens (including phenoxy) is 2. The van der Waals surface area contributed by atoms with Crippen molar-refractivity contribution < 1.29 is 24.3 Å². The Bertz CT molecular complexity index is 498. The highest BCUT2D eigenvalue weighted by atomic mass is 16.5. The summed E-state index contributed by atoms with van der Waals surface area (Å²) in [7, 11) is 0. The lowest BCUT2D eigenvalue weighted by molar-refractivity contribution is -0.905. The first-order valence-corrected chi connectivity index (χ1v) is 8.67. The van der Waals surface area contributed by atoms with E-state index in [0.717, 1.165) is 32.5 Å². The van der Waals surface area contributed by atoms with Gasteiger partial charge >= 0.3 is 5.97 Å². The maximum atomic E-state index is 12.0. The van der Waals surface area contributed by atoms with Gasteiger partial charge in [-0.2, -0.15) is 0 Å². The number of aromatic hydroxyl groups is 1. The predicted octanol–water partition coefficient (Wildman–Crippen LogP) is 1.80. The molecule has 0 aromatic heterocycles. The van der Waals surface area contributed by atoms with Gasteiger partial charge in [-0.05, 0) is 37.8 Å². The Kier molecular flexibility index (Phi) is 7.20. The molecular weight excluding hydrogens is 294 g/mol. The normalized spacial score (nSPS) is 15.3. The monoisotopic (exact) mass is 322 g/mol. The van der Waals surface area contributed by atoms with Crippen molar-refractivity contribution in [1.82, 2.24) is 0 Å². The summed E-state index contributed by atoms with van der Waals surface area (Å²) in [5.41, 5.74) is 0.196. The second-order valence-electron chi connectivity index (χ2n) is 6.08. The molecule has 0 spiro atoms. The molecule has 0 radical (unpaired) electrons. The molecule has 1 aromatic carbocycles. The minimum atomic E-state index is -0.473. The number of esters is 1. The summed E-state index contributed by atoms with van der Waals surface area (Å²) in [5, 5.41) is 9.98. The van der Waals surface area contributed by atoms with E-state index in [1.54, 1.807) is 12.1 Å². The molecule has 2 N–H and O–H groups in total. The molecule has 0 aliphatic carbocycles. The van der Waals surface area contributed by atoms with Gasteiger partial charge in [0.05, 0.1) is 19.7 Å². The fourth-order valence-electron chi connectivity index (χ4n) is 2.78. The Labute approximate surface area is 138 Å². The number of likely N-dealkylation sites (tertiary alicyclic amines) is 1. The third kappa shape index (κ3) is 5.75. The van der Waals surface area contributed by atoms with E-state index in [9.17, 15) is 9.90 Å². The number of phenols is 1. The molecule has 1 aliphatic heterocycles. The Morgan fingerprint density at radius 2 is 2.00 bits per heavy atom. The van der Waals surface area contributed by atoms with Crippen molar-refractivity contribution in [2.75, 3.05) is 32.8 Å². The number of hydrogen-bond acceptors (Lipinski definition) is 4. The molecule has 128 valence electrons. The van der Waals surface area contributed by atoms with Gasteiger partial charge in [-0.3, -0.25) is 0 Å². The van der Waals surface area contributed by atoms with E-state index < -0.39 is 5.97 Å². The zero-order chi connectivity index (χ0) is 16.5. The lowest BCUT2D eigenvalue weighted by atomic mass is 10.1. The third-order valence-corrected chi connectivity index (χ3v) is 4.21. The number of unbranched alkanes of at least 4 members (excludes halogenated alkanes) is 1. The van der Waals surface area contributed by atoms with E-state index in [-0.39, 0.29) is 11.3 Å². The van der Waals surface area contributed by atoms with Crippen molar-refractivity contribution in [3.63, 3.8) is 0 Å². The molecule has 1 fully saturated rings. The number of carbonyl (C=O) groups is 1. The van der Waals surface area contributed by atoms with Gasteiger partial charge in [0.2, 0.25) is 0 Å². The first kappa shape index (κ1) is 17.6. The average molecular weight is 322 g/mol. The van der Waals surface area contributed by atoms with Crippen molar-refractivity contribution >= 4 is 5.97 Å². The van der Waals surface area contributed by atoms with Crippen LogP contribution in [0.3, 0.4) is 0 Å². The van der Waals surface area contributed by atoms with Crippen molar-refractivity contribution in [2.24, 2.45) is 0 Å². The molecule has 1 aromatic rings. The van der Waals surface area contributed by atoms with Gasteiger partial charge in [0, 0.05) is 6.07 Å². The molecule has 0 bridgehead atoms. The number of rotatable bonds is 8. The SMILES string of the molecule is CCCCOc1ccc(C(=O)OCC[NH+]2CCCCC2)c(O)c1. The molecule has 2 rings (SSSR count). The highest BCUT2D eigenvalue weighted by Crippen LogP contribution is 2.24. The number of quaternary nitrogens is 1. The Morgan fingerprint density at radius 3 is 2.70 bits per heavy atom. The van der Waals surface area contributed by atoms with Crippen molar-refractivity contribution in [2.45, 2.75) is 39.0 Å². The number of hydrogen-bond donors (Lipinski definition) is 2. The molecule has 1 heterocycles. The topological polar surface area (TPSA) is 60.2 Å². The van der Waals surface area contributed by atoms with Crippen LogP contribution in [0.2, 0.25) is 0 Å². The van der Waals surface area contributed by atoms with Gasteiger partial charge in [-0.1, -0.05) is 13.3 Å².